The summed E-state index contributed by atoms with van der Waals surface area (Å²) in [5.74, 6) is 0.790. The number of aliphatic hydroxyl groups excluding tert-OH is 1. The van der Waals surface area contributed by atoms with Gasteiger partial charge in [0.2, 0.25) is 0 Å². The molecule has 91 heavy (non-hydrogen) atoms. The number of aliphatic hydroxyl groups is 1. The first kappa shape index (κ1) is 101. The van der Waals surface area contributed by atoms with E-state index in [4.69, 9.17) is 51.3 Å². The average Bonchev–Trinajstić information content (AvgIpc) is 0.974. The fourth-order valence-corrected chi connectivity index (χ4v) is 15.1. The first-order chi connectivity index (χ1) is 42.3. The van der Waals surface area contributed by atoms with Gasteiger partial charge in [0.1, 0.15) is 0 Å². The van der Waals surface area contributed by atoms with E-state index in [2.05, 4.69) is 67.6 Å². The molecule has 0 bridgehead atoms. The molecule has 0 aromatic heterocycles. The molecule has 0 fully saturated rings. The minimum absolute atomic E-state index is 0. The maximum absolute atomic E-state index is 12.6. The SMILES string of the molecule is C=CCOCC(CC)(CO)COCC=C.CCCCC(CC)COP(=O)(OCC(CC)CCCC)OP(=O)([O-])O.CCCCC(CC)COP(=O)(OCC(CC)CCCC)OP(=O)([O-])O.CCCCC(CC)COP(=O)(OCC(CC)CCCC)OP(=O)([O-])O.[H+].[H+].[H+].[Zr]. The third-order valence-electron chi connectivity index (χ3n) is 15.1. The van der Waals surface area contributed by atoms with Crippen molar-refractivity contribution in [1.29, 1.82) is 0 Å². The maximum atomic E-state index is 12.6. The van der Waals surface area contributed by atoms with Crippen molar-refractivity contribution in [2.24, 2.45) is 40.9 Å². The summed E-state index contributed by atoms with van der Waals surface area (Å²) in [6.45, 7) is 36.0. The van der Waals surface area contributed by atoms with Gasteiger partial charge in [-0.1, -0.05) is 218 Å². The van der Waals surface area contributed by atoms with E-state index in [0.717, 1.165) is 161 Å². The summed E-state index contributed by atoms with van der Waals surface area (Å²) >= 11 is 0. The molecule has 0 spiro atoms. The first-order valence-corrected chi connectivity index (χ1v) is 42.1. The largest absolute Gasteiger partial charge is 1.00 e. The van der Waals surface area contributed by atoms with Gasteiger partial charge in [0, 0.05) is 31.6 Å². The molecule has 24 nitrogen and oxygen atoms in total. The Bertz CT molecular complexity index is 1740. The predicted octanol–water partition coefficient (Wildman–Crippen LogP) is 17.2. The second-order valence-electron chi connectivity index (χ2n) is 22.9. The van der Waals surface area contributed by atoms with E-state index in [0.29, 0.717) is 26.4 Å². The van der Waals surface area contributed by atoms with E-state index < -0.39 is 46.9 Å². The van der Waals surface area contributed by atoms with Crippen LogP contribution < -0.4 is 14.7 Å². The van der Waals surface area contributed by atoms with Gasteiger partial charge < -0.3 is 43.9 Å². The summed E-state index contributed by atoms with van der Waals surface area (Å²) in [6, 6.07) is 0. The summed E-state index contributed by atoms with van der Waals surface area (Å²) in [7, 11) is -28.8. The third kappa shape index (κ3) is 60.7. The zero-order valence-electron chi connectivity index (χ0n) is 61.1. The Morgan fingerprint density at radius 2 is 0.582 bits per heavy atom. The number of phosphoric ester groups is 3. The molecule has 9 atom stereocenters. The molecule has 0 aliphatic heterocycles. The second kappa shape index (κ2) is 60.9. The fourth-order valence-electron chi connectivity index (χ4n) is 8.37. The van der Waals surface area contributed by atoms with Crippen molar-refractivity contribution in [3.63, 3.8) is 0 Å². The molecule has 0 aliphatic rings. The summed E-state index contributed by atoms with van der Waals surface area (Å²) in [6.07, 6.45) is 26.6. The molecule has 0 heterocycles. The monoisotopic (exact) mass is 1510 g/mol. The molecule has 0 aromatic carbocycles. The van der Waals surface area contributed by atoms with Crippen LogP contribution in [0.25, 0.3) is 0 Å². The van der Waals surface area contributed by atoms with Gasteiger partial charge in [-0.2, -0.15) is 0 Å². The van der Waals surface area contributed by atoms with Gasteiger partial charge >= 0.3 is 27.7 Å². The van der Waals surface area contributed by atoms with Gasteiger partial charge in [-0.15, -0.1) is 13.2 Å². The zero-order valence-corrected chi connectivity index (χ0v) is 66.0. The molecule has 4 N–H and O–H groups in total. The van der Waals surface area contributed by atoms with Crippen molar-refractivity contribution in [2.75, 3.05) is 72.7 Å². The van der Waals surface area contributed by atoms with Crippen LogP contribution >= 0.6 is 46.9 Å². The number of ether oxygens (including phenoxy) is 2. The Morgan fingerprint density at radius 3 is 0.703 bits per heavy atom. The van der Waals surface area contributed by atoms with Crippen LogP contribution in [0.4, 0.5) is 0 Å². The molecule has 0 amide bonds. The Hall–Kier alpha value is 1.02. The quantitative estimate of drug-likeness (QED) is 0.0250. The van der Waals surface area contributed by atoms with Gasteiger partial charge in [-0.05, 0) is 80.5 Å². The number of hydrogen-bond acceptors (Lipinski definition) is 21. The Kier molecular flexibility index (Phi) is 67.4. The van der Waals surface area contributed by atoms with Crippen LogP contribution in [0, 0.1) is 40.9 Å². The standard InChI is InChI=1S/3C16H36O7P2.C12H22O3.Zr/c3*1-5-9-11-15(7-3)13-21-25(20,23-24(17,18)19)22-14-16(8-4)12-10-6-2;1-4-7-14-10-12(6-3,9-13)11-15-8-5-2;/h3*15-16H,5-14H2,1-4H3,(H2,17,18,19);4-5,13H,1-2,6-11H2,3H3;. The molecule has 0 aromatic rings. The van der Waals surface area contributed by atoms with Gasteiger partial charge in [0.15, 0.2) is 0 Å². The summed E-state index contributed by atoms with van der Waals surface area (Å²) in [5.41, 5.74) is -0.300. The molecular formula is C60H130O24P6Zr. The van der Waals surface area contributed by atoms with E-state index in [-0.39, 0.29) is 118 Å². The van der Waals surface area contributed by atoms with Crippen LogP contribution in [0.1, 0.15) is 255 Å². The minimum Gasteiger partial charge on any atom is -0.756 e. The average molecular weight is 1510 g/mol. The zero-order chi connectivity index (χ0) is 69.6. The summed E-state index contributed by atoms with van der Waals surface area (Å²) < 4.78 is 126. The van der Waals surface area contributed by atoms with E-state index in [1.807, 2.05) is 48.5 Å². The Balaban J connectivity index is -0.000000175. The minimum atomic E-state index is -5.23. The third-order valence-corrected chi connectivity index (χ3v) is 22.7. The first-order valence-electron chi connectivity index (χ1n) is 33.2. The van der Waals surface area contributed by atoms with Crippen LogP contribution in [0.15, 0.2) is 25.3 Å². The van der Waals surface area contributed by atoms with Crippen LogP contribution in [-0.2, 0) is 103 Å². The molecular weight excluding hydrogens is 1380 g/mol. The predicted molar refractivity (Wildman–Crippen MR) is 356 cm³/mol. The maximum Gasteiger partial charge on any atom is 1.00 e. The van der Waals surface area contributed by atoms with E-state index in [1.54, 1.807) is 12.2 Å². The van der Waals surface area contributed by atoms with Crippen molar-refractivity contribution in [3.05, 3.63) is 25.3 Å². The van der Waals surface area contributed by atoms with Crippen LogP contribution in [0.3, 0.4) is 0 Å². The van der Waals surface area contributed by atoms with Crippen molar-refractivity contribution in [1.82, 2.24) is 0 Å². The van der Waals surface area contributed by atoms with Crippen LogP contribution in [-0.4, -0.2) is 92.5 Å². The van der Waals surface area contributed by atoms with E-state index >= 15 is 0 Å². The number of rotatable bonds is 58. The van der Waals surface area contributed by atoms with Gasteiger partial charge in [0.05, 0.1) is 72.7 Å². The fraction of sp³-hybridized carbons (Fsp3) is 0.933. The molecule has 0 radical (unpaired) electrons. The van der Waals surface area contributed by atoms with Gasteiger partial charge in [-0.3, -0.25) is 40.8 Å². The van der Waals surface area contributed by atoms with Crippen molar-refractivity contribution in [3.8, 4) is 0 Å². The van der Waals surface area contributed by atoms with Crippen molar-refractivity contribution in [2.45, 2.75) is 251 Å². The molecule has 9 unspecified atom stereocenters. The van der Waals surface area contributed by atoms with Gasteiger partial charge in [-0.25, -0.2) is 26.6 Å². The molecule has 31 heteroatoms. The summed E-state index contributed by atoms with van der Waals surface area (Å²) in [5, 5.41) is 9.36. The molecule has 0 saturated carbocycles. The van der Waals surface area contributed by atoms with Gasteiger partial charge in [0.25, 0.3) is 23.5 Å². The Morgan fingerprint density at radius 1 is 0.396 bits per heavy atom. The number of unbranched alkanes of at least 4 members (excludes halogenated alkanes) is 6. The Labute approximate surface area is 575 Å². The normalized spacial score (nSPS) is 17.6. The van der Waals surface area contributed by atoms with Crippen LogP contribution in [0.2, 0.25) is 0 Å². The molecule has 548 valence electrons. The number of hydrogen-bond donors (Lipinski definition) is 4. The number of phosphoric acid groups is 6. The van der Waals surface area contributed by atoms with Crippen molar-refractivity contribution < 1.29 is 142 Å². The topological polar surface area (TPSA) is 354 Å². The van der Waals surface area contributed by atoms with E-state index in [9.17, 15) is 47.2 Å². The molecule has 0 aliphatic carbocycles. The van der Waals surface area contributed by atoms with Crippen molar-refractivity contribution >= 4 is 46.9 Å². The van der Waals surface area contributed by atoms with Crippen LogP contribution in [0.5, 0.6) is 0 Å². The smallest absolute Gasteiger partial charge is 0.756 e. The molecule has 0 rings (SSSR count). The van der Waals surface area contributed by atoms with E-state index in [1.165, 1.54) is 0 Å². The second-order valence-corrected chi connectivity index (χ2v) is 31.9. The summed E-state index contributed by atoms with van der Waals surface area (Å²) in [4.78, 5) is 59.9. The molecule has 0 saturated heterocycles.